The van der Waals surface area contributed by atoms with Crippen LogP contribution < -0.4 is 10.7 Å². The first-order chi connectivity index (χ1) is 9.15. The number of aromatic amines is 1. The van der Waals surface area contributed by atoms with E-state index in [0.29, 0.717) is 10.9 Å². The van der Waals surface area contributed by atoms with Gasteiger partial charge in [-0.1, -0.05) is 17.7 Å². The number of hydrogen-bond donors (Lipinski definition) is 3. The Morgan fingerprint density at radius 2 is 2.26 bits per heavy atom. The van der Waals surface area contributed by atoms with Crippen LogP contribution in [0.15, 0.2) is 35.7 Å². The molecule has 2 aromatic rings. The van der Waals surface area contributed by atoms with Gasteiger partial charge in [-0.15, -0.1) is 0 Å². The molecule has 0 aliphatic heterocycles. The summed E-state index contributed by atoms with van der Waals surface area (Å²) < 4.78 is 0. The summed E-state index contributed by atoms with van der Waals surface area (Å²) >= 11 is 5.16. The average molecular weight is 273 g/mol. The number of thiocarbonyl (C=S) groups is 1. The van der Waals surface area contributed by atoms with Crippen LogP contribution in [0.25, 0.3) is 0 Å². The Morgan fingerprint density at radius 3 is 2.95 bits per heavy atom. The first kappa shape index (κ1) is 13.2. The van der Waals surface area contributed by atoms with Gasteiger partial charge in [0.25, 0.3) is 0 Å². The number of H-pyrrole nitrogens is 1. The second-order valence-corrected chi connectivity index (χ2v) is 4.53. The predicted octanol–water partition coefficient (Wildman–Crippen LogP) is 2.35. The zero-order valence-electron chi connectivity index (χ0n) is 10.8. The van der Waals surface area contributed by atoms with Crippen LogP contribution in [0.5, 0.6) is 0 Å². The van der Waals surface area contributed by atoms with Gasteiger partial charge in [-0.3, -0.25) is 5.43 Å². The Labute approximate surface area is 117 Å². The third-order valence-corrected chi connectivity index (χ3v) is 2.70. The molecule has 98 valence electrons. The van der Waals surface area contributed by atoms with Gasteiger partial charge < -0.3 is 10.3 Å². The van der Waals surface area contributed by atoms with Crippen LogP contribution in [0.1, 0.15) is 17.0 Å². The summed E-state index contributed by atoms with van der Waals surface area (Å²) in [6, 6.07) is 6.12. The van der Waals surface area contributed by atoms with Crippen molar-refractivity contribution in [2.24, 2.45) is 5.10 Å². The highest BCUT2D eigenvalue weighted by atomic mass is 32.1. The number of aromatic nitrogens is 2. The third kappa shape index (κ3) is 3.89. The number of aryl methyl sites for hydroxylation is 2. The summed E-state index contributed by atoms with van der Waals surface area (Å²) in [5, 5.41) is 7.52. The van der Waals surface area contributed by atoms with E-state index in [4.69, 9.17) is 12.2 Å². The molecule has 0 radical (unpaired) electrons. The second-order valence-electron chi connectivity index (χ2n) is 4.12. The number of benzene rings is 1. The van der Waals surface area contributed by atoms with Gasteiger partial charge in [0.15, 0.2) is 5.11 Å². The molecule has 2 rings (SSSR count). The number of hydrogen-bond acceptors (Lipinski definition) is 3. The molecule has 0 aliphatic rings. The monoisotopic (exact) mass is 273 g/mol. The Kier molecular flexibility index (Phi) is 4.25. The molecule has 0 bridgehead atoms. The van der Waals surface area contributed by atoms with Gasteiger partial charge in [-0.05, 0) is 37.7 Å². The predicted molar refractivity (Wildman–Crippen MR) is 81.5 cm³/mol. The molecule has 0 spiro atoms. The fraction of sp³-hybridized carbons (Fsp3) is 0.154. The van der Waals surface area contributed by atoms with E-state index in [0.717, 1.165) is 11.3 Å². The van der Waals surface area contributed by atoms with Crippen molar-refractivity contribution in [1.82, 2.24) is 15.4 Å². The topological polar surface area (TPSA) is 65.1 Å². The van der Waals surface area contributed by atoms with Crippen molar-refractivity contribution in [1.29, 1.82) is 0 Å². The van der Waals surface area contributed by atoms with E-state index in [-0.39, 0.29) is 0 Å². The molecular formula is C13H15N5S. The van der Waals surface area contributed by atoms with Crippen molar-refractivity contribution < 1.29 is 0 Å². The number of hydrazone groups is 1. The molecule has 19 heavy (non-hydrogen) atoms. The smallest absolute Gasteiger partial charge is 0.191 e. The molecule has 0 saturated heterocycles. The lowest BCUT2D eigenvalue weighted by Crippen LogP contribution is -2.24. The van der Waals surface area contributed by atoms with E-state index in [1.54, 1.807) is 18.6 Å². The van der Waals surface area contributed by atoms with Crippen LogP contribution in [-0.4, -0.2) is 21.3 Å². The summed E-state index contributed by atoms with van der Waals surface area (Å²) in [6.07, 6.45) is 4.96. The zero-order chi connectivity index (χ0) is 13.7. The Bertz CT molecular complexity index is 589. The molecule has 0 fully saturated rings. The highest BCUT2D eigenvalue weighted by Gasteiger charge is 2.00. The molecule has 0 atom stereocenters. The molecule has 0 amide bonds. The maximum atomic E-state index is 5.16. The van der Waals surface area contributed by atoms with E-state index in [1.165, 1.54) is 5.56 Å². The third-order valence-electron chi connectivity index (χ3n) is 2.50. The van der Waals surface area contributed by atoms with Gasteiger partial charge in [0.1, 0.15) is 5.82 Å². The average Bonchev–Trinajstić information content (AvgIpc) is 2.86. The van der Waals surface area contributed by atoms with Crippen molar-refractivity contribution in [3.63, 3.8) is 0 Å². The molecule has 0 unspecified atom stereocenters. The SMILES string of the molecule is Cc1ccc(NC(=S)NN=Cc2ncc[nH]2)c(C)c1. The van der Waals surface area contributed by atoms with Gasteiger partial charge >= 0.3 is 0 Å². The van der Waals surface area contributed by atoms with Gasteiger partial charge in [-0.2, -0.15) is 5.10 Å². The fourth-order valence-corrected chi connectivity index (χ4v) is 1.77. The standard InChI is InChI=1S/C13H15N5S/c1-9-3-4-11(10(2)7-9)17-13(19)18-16-8-12-14-5-6-15-12/h3-8H,1-2H3,(H,14,15)(H2,17,18,19). The van der Waals surface area contributed by atoms with E-state index < -0.39 is 0 Å². The van der Waals surface area contributed by atoms with E-state index in [1.807, 2.05) is 19.1 Å². The fourth-order valence-electron chi connectivity index (χ4n) is 1.60. The lowest BCUT2D eigenvalue weighted by Gasteiger charge is -2.10. The normalized spacial score (nSPS) is 10.6. The number of nitrogens with one attached hydrogen (secondary N) is 3. The summed E-state index contributed by atoms with van der Waals surface area (Å²) in [5.74, 6) is 0.668. The molecule has 1 aromatic carbocycles. The number of nitrogens with zero attached hydrogens (tertiary/aromatic N) is 2. The van der Waals surface area contributed by atoms with E-state index in [9.17, 15) is 0 Å². The summed E-state index contributed by atoms with van der Waals surface area (Å²) in [6.45, 7) is 4.09. The van der Waals surface area contributed by atoms with Crippen LogP contribution in [-0.2, 0) is 0 Å². The first-order valence-corrected chi connectivity index (χ1v) is 6.22. The zero-order valence-corrected chi connectivity index (χ0v) is 11.6. The van der Waals surface area contributed by atoms with Gasteiger partial charge in [0.05, 0.1) is 6.21 Å². The minimum atomic E-state index is 0.440. The largest absolute Gasteiger partial charge is 0.344 e. The van der Waals surface area contributed by atoms with Gasteiger partial charge in [0, 0.05) is 18.1 Å². The number of imidazole rings is 1. The minimum Gasteiger partial charge on any atom is -0.344 e. The molecule has 5 nitrogen and oxygen atoms in total. The van der Waals surface area contributed by atoms with Crippen molar-refractivity contribution in [2.45, 2.75) is 13.8 Å². The first-order valence-electron chi connectivity index (χ1n) is 5.82. The van der Waals surface area contributed by atoms with Gasteiger partial charge in [0.2, 0.25) is 0 Å². The summed E-state index contributed by atoms with van der Waals surface area (Å²) in [7, 11) is 0. The highest BCUT2D eigenvalue weighted by Crippen LogP contribution is 2.15. The van der Waals surface area contributed by atoms with Gasteiger partial charge in [-0.25, -0.2) is 4.98 Å². The van der Waals surface area contributed by atoms with Crippen LogP contribution in [0.2, 0.25) is 0 Å². The quantitative estimate of drug-likeness (QED) is 0.456. The maximum absolute atomic E-state index is 5.16. The summed E-state index contributed by atoms with van der Waals surface area (Å²) in [4.78, 5) is 6.92. The maximum Gasteiger partial charge on any atom is 0.191 e. The van der Waals surface area contributed by atoms with E-state index in [2.05, 4.69) is 38.8 Å². The van der Waals surface area contributed by atoms with Crippen LogP contribution >= 0.6 is 12.2 Å². The molecule has 1 heterocycles. The molecule has 3 N–H and O–H groups in total. The lowest BCUT2D eigenvalue weighted by atomic mass is 10.1. The van der Waals surface area contributed by atoms with Crippen LogP contribution in [0.4, 0.5) is 5.69 Å². The molecule has 0 aliphatic carbocycles. The molecule has 6 heteroatoms. The Hall–Kier alpha value is -2.21. The van der Waals surface area contributed by atoms with Crippen molar-refractivity contribution in [3.8, 4) is 0 Å². The second kappa shape index (κ2) is 6.10. The van der Waals surface area contributed by atoms with Crippen LogP contribution in [0.3, 0.4) is 0 Å². The highest BCUT2D eigenvalue weighted by molar-refractivity contribution is 7.80. The lowest BCUT2D eigenvalue weighted by molar-refractivity contribution is 1.04. The van der Waals surface area contributed by atoms with Crippen LogP contribution in [0, 0.1) is 13.8 Å². The van der Waals surface area contributed by atoms with Crippen molar-refractivity contribution in [2.75, 3.05) is 5.32 Å². The molecule has 0 saturated carbocycles. The number of anilines is 1. The Balaban J connectivity index is 1.91. The molecular weight excluding hydrogens is 258 g/mol. The minimum absolute atomic E-state index is 0.440. The van der Waals surface area contributed by atoms with Crippen molar-refractivity contribution >= 4 is 29.2 Å². The number of rotatable bonds is 3. The summed E-state index contributed by atoms with van der Waals surface area (Å²) in [5.41, 5.74) is 6.07. The Morgan fingerprint density at radius 1 is 1.42 bits per heavy atom. The van der Waals surface area contributed by atoms with E-state index >= 15 is 0 Å². The van der Waals surface area contributed by atoms with Crippen molar-refractivity contribution in [3.05, 3.63) is 47.5 Å². The molecule has 1 aromatic heterocycles.